The van der Waals surface area contributed by atoms with Crippen molar-refractivity contribution in [2.75, 3.05) is 5.32 Å². The molecule has 0 spiro atoms. The molecule has 3 rings (SSSR count). The van der Waals surface area contributed by atoms with E-state index in [2.05, 4.69) is 5.32 Å². The molecule has 1 unspecified atom stereocenters. The number of nitrogens with one attached hydrogen (secondary N) is 1. The van der Waals surface area contributed by atoms with E-state index in [1.54, 1.807) is 24.3 Å². The minimum absolute atomic E-state index is 0.150. The van der Waals surface area contributed by atoms with Gasteiger partial charge < -0.3 is 10.1 Å². The summed E-state index contributed by atoms with van der Waals surface area (Å²) in [6.45, 7) is 1.44. The van der Waals surface area contributed by atoms with Gasteiger partial charge in [0.1, 0.15) is 11.0 Å². The molecule has 0 heterocycles. The molecule has 0 saturated heterocycles. The standard InChI is InChI=1S/C22H19NO3S/c1-16(24)23-18-12-14-19(15-13-18)26-22(25)21(17-8-4-2-5-9-17)27-20-10-6-3-7-11-20/h2-15,21H,1H3,(H,23,24). The Balaban J connectivity index is 1.77. The van der Waals surface area contributed by atoms with Crippen LogP contribution in [0.5, 0.6) is 5.75 Å². The highest BCUT2D eigenvalue weighted by Crippen LogP contribution is 2.36. The second-order valence-electron chi connectivity index (χ2n) is 5.85. The summed E-state index contributed by atoms with van der Waals surface area (Å²) in [4.78, 5) is 25.0. The Hall–Kier alpha value is -3.05. The number of anilines is 1. The maximum Gasteiger partial charge on any atom is 0.329 e. The monoisotopic (exact) mass is 377 g/mol. The third-order valence-corrected chi connectivity index (χ3v) is 4.95. The number of ether oxygens (including phenoxy) is 1. The molecule has 0 aromatic heterocycles. The van der Waals surface area contributed by atoms with E-state index in [1.807, 2.05) is 60.7 Å². The van der Waals surface area contributed by atoms with Gasteiger partial charge in [-0.15, -0.1) is 11.8 Å². The summed E-state index contributed by atoms with van der Waals surface area (Å²) < 4.78 is 5.59. The van der Waals surface area contributed by atoms with Gasteiger partial charge in [-0.05, 0) is 42.0 Å². The van der Waals surface area contributed by atoms with E-state index < -0.39 is 5.25 Å². The molecule has 3 aromatic rings. The second kappa shape index (κ2) is 9.05. The zero-order valence-electron chi connectivity index (χ0n) is 14.8. The fourth-order valence-electron chi connectivity index (χ4n) is 2.49. The van der Waals surface area contributed by atoms with Crippen LogP contribution in [0.3, 0.4) is 0 Å². The molecule has 27 heavy (non-hydrogen) atoms. The minimum atomic E-state index is -0.483. The normalized spacial score (nSPS) is 11.4. The predicted molar refractivity (Wildman–Crippen MR) is 108 cm³/mol. The molecule has 1 amide bonds. The first-order chi connectivity index (χ1) is 13.1. The Morgan fingerprint density at radius 3 is 2.04 bits per heavy atom. The molecule has 0 aliphatic carbocycles. The van der Waals surface area contributed by atoms with Crippen molar-refractivity contribution in [2.24, 2.45) is 0 Å². The lowest BCUT2D eigenvalue weighted by Gasteiger charge is -2.16. The van der Waals surface area contributed by atoms with Crippen LogP contribution in [0, 0.1) is 0 Å². The molecule has 0 fully saturated rings. The number of carbonyl (C=O) groups excluding carboxylic acids is 2. The van der Waals surface area contributed by atoms with Gasteiger partial charge in [0.15, 0.2) is 0 Å². The van der Waals surface area contributed by atoms with Crippen molar-refractivity contribution in [1.82, 2.24) is 0 Å². The number of carbonyl (C=O) groups is 2. The van der Waals surface area contributed by atoms with E-state index in [4.69, 9.17) is 4.74 Å². The highest BCUT2D eigenvalue weighted by atomic mass is 32.2. The number of rotatable bonds is 6. The van der Waals surface area contributed by atoms with Crippen molar-refractivity contribution in [2.45, 2.75) is 17.1 Å². The molecule has 136 valence electrons. The molecule has 1 atom stereocenters. The van der Waals surface area contributed by atoms with Crippen LogP contribution >= 0.6 is 11.8 Å². The van der Waals surface area contributed by atoms with E-state index >= 15 is 0 Å². The molecule has 0 saturated carbocycles. The summed E-state index contributed by atoms with van der Waals surface area (Å²) in [6, 6.07) is 26.1. The highest BCUT2D eigenvalue weighted by molar-refractivity contribution is 8.00. The molecule has 5 heteroatoms. The number of amides is 1. The molecule has 4 nitrogen and oxygen atoms in total. The average Bonchev–Trinajstić information content (AvgIpc) is 2.68. The van der Waals surface area contributed by atoms with Crippen LogP contribution < -0.4 is 10.1 Å². The molecule has 1 N–H and O–H groups in total. The average molecular weight is 377 g/mol. The van der Waals surface area contributed by atoms with Crippen molar-refractivity contribution >= 4 is 29.3 Å². The number of esters is 1. The van der Waals surface area contributed by atoms with Gasteiger partial charge in [-0.3, -0.25) is 9.59 Å². The first-order valence-electron chi connectivity index (χ1n) is 8.48. The summed E-state index contributed by atoms with van der Waals surface area (Å²) in [6.07, 6.45) is 0. The fraction of sp³-hybridized carbons (Fsp3) is 0.0909. The maximum absolute atomic E-state index is 12.9. The van der Waals surface area contributed by atoms with Gasteiger partial charge in [-0.25, -0.2) is 0 Å². The first kappa shape index (κ1) is 18.7. The van der Waals surface area contributed by atoms with E-state index in [0.29, 0.717) is 11.4 Å². The summed E-state index contributed by atoms with van der Waals surface area (Å²) in [7, 11) is 0. The predicted octanol–water partition coefficient (Wildman–Crippen LogP) is 5.08. The van der Waals surface area contributed by atoms with Crippen LogP contribution in [0.2, 0.25) is 0 Å². The lowest BCUT2D eigenvalue weighted by molar-refractivity contribution is -0.133. The van der Waals surface area contributed by atoms with E-state index in [9.17, 15) is 9.59 Å². The number of hydrogen-bond donors (Lipinski definition) is 1. The Morgan fingerprint density at radius 1 is 0.852 bits per heavy atom. The minimum Gasteiger partial charge on any atom is -0.425 e. The largest absolute Gasteiger partial charge is 0.425 e. The quantitative estimate of drug-likeness (QED) is 0.370. The summed E-state index contributed by atoms with van der Waals surface area (Å²) in [5, 5.41) is 2.20. The van der Waals surface area contributed by atoms with E-state index in [-0.39, 0.29) is 11.9 Å². The SMILES string of the molecule is CC(=O)Nc1ccc(OC(=O)C(Sc2ccccc2)c2ccccc2)cc1. The van der Waals surface area contributed by atoms with E-state index in [0.717, 1.165) is 10.5 Å². The van der Waals surface area contributed by atoms with Crippen LogP contribution in [0.1, 0.15) is 17.7 Å². The Labute approximate surface area is 162 Å². The van der Waals surface area contributed by atoms with Gasteiger partial charge in [-0.1, -0.05) is 48.5 Å². The number of hydrogen-bond acceptors (Lipinski definition) is 4. The molecule has 0 aliphatic rings. The maximum atomic E-state index is 12.9. The molecule has 0 bridgehead atoms. The van der Waals surface area contributed by atoms with Crippen LogP contribution in [0.25, 0.3) is 0 Å². The smallest absolute Gasteiger partial charge is 0.329 e. The second-order valence-corrected chi connectivity index (χ2v) is 7.03. The van der Waals surface area contributed by atoms with Gasteiger partial charge in [0.05, 0.1) is 0 Å². The molecular formula is C22H19NO3S. The van der Waals surface area contributed by atoms with E-state index in [1.165, 1.54) is 18.7 Å². The van der Waals surface area contributed by atoms with Crippen LogP contribution in [0.15, 0.2) is 89.8 Å². The molecular weight excluding hydrogens is 358 g/mol. The summed E-state index contributed by atoms with van der Waals surface area (Å²) in [5.41, 5.74) is 1.53. The highest BCUT2D eigenvalue weighted by Gasteiger charge is 2.24. The van der Waals surface area contributed by atoms with Crippen molar-refractivity contribution in [3.63, 3.8) is 0 Å². The van der Waals surface area contributed by atoms with Crippen molar-refractivity contribution in [3.05, 3.63) is 90.5 Å². The Kier molecular flexibility index (Phi) is 6.28. The first-order valence-corrected chi connectivity index (χ1v) is 9.36. The van der Waals surface area contributed by atoms with Crippen LogP contribution in [-0.4, -0.2) is 11.9 Å². The van der Waals surface area contributed by atoms with Gasteiger partial charge in [0.2, 0.25) is 5.91 Å². The van der Waals surface area contributed by atoms with Gasteiger partial charge in [-0.2, -0.15) is 0 Å². The van der Waals surface area contributed by atoms with Gasteiger partial charge in [0.25, 0.3) is 0 Å². The molecule has 0 radical (unpaired) electrons. The van der Waals surface area contributed by atoms with Crippen molar-refractivity contribution in [3.8, 4) is 5.75 Å². The number of benzene rings is 3. The number of thioether (sulfide) groups is 1. The fourth-order valence-corrected chi connectivity index (χ4v) is 3.52. The summed E-state index contributed by atoms with van der Waals surface area (Å²) >= 11 is 1.45. The lowest BCUT2D eigenvalue weighted by atomic mass is 10.1. The van der Waals surface area contributed by atoms with Crippen LogP contribution in [-0.2, 0) is 9.59 Å². The zero-order valence-corrected chi connectivity index (χ0v) is 15.6. The third kappa shape index (κ3) is 5.46. The zero-order chi connectivity index (χ0) is 19.1. The van der Waals surface area contributed by atoms with Crippen molar-refractivity contribution in [1.29, 1.82) is 0 Å². The third-order valence-electron chi connectivity index (χ3n) is 3.71. The topological polar surface area (TPSA) is 55.4 Å². The Bertz CT molecular complexity index is 896. The molecule has 0 aliphatic heterocycles. The Morgan fingerprint density at radius 2 is 1.44 bits per heavy atom. The summed E-state index contributed by atoms with van der Waals surface area (Å²) in [5.74, 6) is -0.0610. The van der Waals surface area contributed by atoms with Gasteiger partial charge in [0, 0.05) is 17.5 Å². The van der Waals surface area contributed by atoms with Crippen molar-refractivity contribution < 1.29 is 14.3 Å². The molecule has 3 aromatic carbocycles. The van der Waals surface area contributed by atoms with Gasteiger partial charge >= 0.3 is 5.97 Å². The lowest BCUT2D eigenvalue weighted by Crippen LogP contribution is -2.16. The van der Waals surface area contributed by atoms with Crippen LogP contribution in [0.4, 0.5) is 5.69 Å².